The lowest BCUT2D eigenvalue weighted by molar-refractivity contribution is 0.102. The minimum atomic E-state index is -0.204. The van der Waals surface area contributed by atoms with Gasteiger partial charge in [0.2, 0.25) is 0 Å². The van der Waals surface area contributed by atoms with Gasteiger partial charge in [0.1, 0.15) is 0 Å². The quantitative estimate of drug-likeness (QED) is 0.807. The maximum absolute atomic E-state index is 12.2. The summed E-state index contributed by atoms with van der Waals surface area (Å²) in [4.78, 5) is 12.2. The van der Waals surface area contributed by atoms with Gasteiger partial charge in [0.05, 0.1) is 17.0 Å². The third-order valence-corrected chi connectivity index (χ3v) is 2.97. The Kier molecular flexibility index (Phi) is 3.46. The van der Waals surface area contributed by atoms with Crippen molar-refractivity contribution >= 4 is 17.3 Å². The molecule has 19 heavy (non-hydrogen) atoms. The molecule has 1 aromatic heterocycles. The Morgan fingerprint density at radius 1 is 1.21 bits per heavy atom. The molecule has 2 aromatic rings. The molecule has 1 amide bonds. The van der Waals surface area contributed by atoms with E-state index in [9.17, 15) is 4.79 Å². The van der Waals surface area contributed by atoms with E-state index in [1.807, 2.05) is 13.0 Å². The number of hydrogen-bond donors (Lipinski definition) is 2. The largest absolute Gasteiger partial charge is 0.398 e. The summed E-state index contributed by atoms with van der Waals surface area (Å²) >= 11 is 0. The summed E-state index contributed by atoms with van der Waals surface area (Å²) in [6.45, 7) is 5.43. The number of nitrogens with one attached hydrogen (secondary N) is 1. The van der Waals surface area contributed by atoms with Crippen LogP contribution in [0.15, 0.2) is 24.3 Å². The van der Waals surface area contributed by atoms with Gasteiger partial charge in [0, 0.05) is 11.4 Å². The molecule has 0 saturated carbocycles. The molecule has 3 N–H and O–H groups in total. The van der Waals surface area contributed by atoms with Crippen LogP contribution in [-0.4, -0.2) is 16.1 Å². The lowest BCUT2D eigenvalue weighted by Crippen LogP contribution is -2.16. The number of nitrogen functional groups attached to an aromatic ring is 1. The molecule has 0 aliphatic rings. The third kappa shape index (κ3) is 2.70. The topological polar surface area (TPSA) is 80.9 Å². The van der Waals surface area contributed by atoms with E-state index in [2.05, 4.69) is 15.5 Å². The second-order valence-electron chi connectivity index (χ2n) is 4.46. The fourth-order valence-electron chi connectivity index (χ4n) is 1.76. The average Bonchev–Trinajstić information content (AvgIpc) is 2.38. The number of rotatable bonds is 2. The van der Waals surface area contributed by atoms with Gasteiger partial charge in [-0.05, 0) is 44.5 Å². The zero-order valence-corrected chi connectivity index (χ0v) is 11.2. The van der Waals surface area contributed by atoms with Gasteiger partial charge < -0.3 is 11.1 Å². The van der Waals surface area contributed by atoms with Gasteiger partial charge in [-0.25, -0.2) is 0 Å². The summed E-state index contributed by atoms with van der Waals surface area (Å²) in [6.07, 6.45) is 0. The van der Waals surface area contributed by atoms with Crippen molar-refractivity contribution in [1.29, 1.82) is 0 Å². The van der Waals surface area contributed by atoms with E-state index in [4.69, 9.17) is 5.73 Å². The highest BCUT2D eigenvalue weighted by molar-refractivity contribution is 6.05. The Hall–Kier alpha value is -2.43. The first kappa shape index (κ1) is 13.0. The van der Waals surface area contributed by atoms with Crippen molar-refractivity contribution in [2.24, 2.45) is 0 Å². The van der Waals surface area contributed by atoms with Gasteiger partial charge in [-0.15, -0.1) is 0 Å². The smallest absolute Gasteiger partial charge is 0.257 e. The van der Waals surface area contributed by atoms with E-state index < -0.39 is 0 Å². The number of nitrogens with zero attached hydrogens (tertiary/aromatic N) is 2. The van der Waals surface area contributed by atoms with Crippen LogP contribution in [0, 0.1) is 20.8 Å². The van der Waals surface area contributed by atoms with Crippen molar-refractivity contribution in [3.63, 3.8) is 0 Å². The summed E-state index contributed by atoms with van der Waals surface area (Å²) in [7, 11) is 0. The van der Waals surface area contributed by atoms with Crippen molar-refractivity contribution in [1.82, 2.24) is 10.2 Å². The number of nitrogens with two attached hydrogens (primary N) is 1. The monoisotopic (exact) mass is 256 g/mol. The van der Waals surface area contributed by atoms with Crippen molar-refractivity contribution in [3.8, 4) is 0 Å². The zero-order valence-electron chi connectivity index (χ0n) is 11.2. The van der Waals surface area contributed by atoms with Gasteiger partial charge in [0.15, 0.2) is 0 Å². The molecule has 5 heteroatoms. The molecule has 0 radical (unpaired) electrons. The van der Waals surface area contributed by atoms with Crippen LogP contribution in [0.1, 0.15) is 27.3 Å². The predicted molar refractivity (Wildman–Crippen MR) is 75.1 cm³/mol. The number of anilines is 2. The van der Waals surface area contributed by atoms with Gasteiger partial charge in [-0.2, -0.15) is 10.2 Å². The van der Waals surface area contributed by atoms with Gasteiger partial charge in [-0.3, -0.25) is 4.79 Å². The molecule has 0 bridgehead atoms. The number of aryl methyl sites for hydroxylation is 2. The summed E-state index contributed by atoms with van der Waals surface area (Å²) < 4.78 is 0. The highest BCUT2D eigenvalue weighted by Gasteiger charge is 2.12. The number of carbonyl (C=O) groups excluding carboxylic acids is 1. The SMILES string of the molecule is Cc1cc(C(=O)Nc2cccc(N)c2C)c(C)nn1. The minimum Gasteiger partial charge on any atom is -0.398 e. The van der Waals surface area contributed by atoms with E-state index in [-0.39, 0.29) is 5.91 Å². The second-order valence-corrected chi connectivity index (χ2v) is 4.46. The lowest BCUT2D eigenvalue weighted by Gasteiger charge is -2.11. The van der Waals surface area contributed by atoms with Crippen LogP contribution in [0.3, 0.4) is 0 Å². The highest BCUT2D eigenvalue weighted by Crippen LogP contribution is 2.21. The Bertz CT molecular complexity index is 637. The minimum absolute atomic E-state index is 0.204. The van der Waals surface area contributed by atoms with Crippen molar-refractivity contribution in [2.75, 3.05) is 11.1 Å². The molecule has 0 aliphatic carbocycles. The predicted octanol–water partition coefficient (Wildman–Crippen LogP) is 2.24. The van der Waals surface area contributed by atoms with E-state index in [0.717, 1.165) is 5.56 Å². The molecule has 1 heterocycles. The van der Waals surface area contributed by atoms with Crippen LogP contribution in [-0.2, 0) is 0 Å². The van der Waals surface area contributed by atoms with Crippen LogP contribution in [0.25, 0.3) is 0 Å². The summed E-state index contributed by atoms with van der Waals surface area (Å²) in [6, 6.07) is 7.15. The first-order valence-corrected chi connectivity index (χ1v) is 5.96. The first-order valence-electron chi connectivity index (χ1n) is 5.96. The van der Waals surface area contributed by atoms with Crippen molar-refractivity contribution < 1.29 is 4.79 Å². The van der Waals surface area contributed by atoms with E-state index >= 15 is 0 Å². The zero-order chi connectivity index (χ0) is 14.0. The highest BCUT2D eigenvalue weighted by atomic mass is 16.1. The number of aromatic nitrogens is 2. The summed E-state index contributed by atoms with van der Waals surface area (Å²) in [5, 5.41) is 10.7. The van der Waals surface area contributed by atoms with Gasteiger partial charge >= 0.3 is 0 Å². The Balaban J connectivity index is 2.31. The molecular formula is C14H16N4O. The van der Waals surface area contributed by atoms with Crippen molar-refractivity contribution in [3.05, 3.63) is 46.8 Å². The molecule has 0 saturated heterocycles. The normalized spacial score (nSPS) is 10.3. The summed E-state index contributed by atoms with van der Waals surface area (Å²) in [5.41, 5.74) is 9.86. The standard InChI is InChI=1S/C14H16N4O/c1-8-7-11(10(3)18-17-8)14(19)16-13-6-4-5-12(15)9(13)2/h4-7H,15H2,1-3H3,(H,16,19). The first-order chi connectivity index (χ1) is 8.99. The molecule has 0 unspecified atom stereocenters. The van der Waals surface area contributed by atoms with E-state index in [1.165, 1.54) is 0 Å². The fraction of sp³-hybridized carbons (Fsp3) is 0.214. The van der Waals surface area contributed by atoms with E-state index in [0.29, 0.717) is 28.3 Å². The molecule has 0 atom stereocenters. The van der Waals surface area contributed by atoms with Crippen LogP contribution in [0.2, 0.25) is 0 Å². The third-order valence-electron chi connectivity index (χ3n) is 2.97. The molecule has 0 spiro atoms. The van der Waals surface area contributed by atoms with Crippen LogP contribution >= 0.6 is 0 Å². The maximum Gasteiger partial charge on any atom is 0.257 e. The fourth-order valence-corrected chi connectivity index (χ4v) is 1.76. The number of hydrogen-bond acceptors (Lipinski definition) is 4. The summed E-state index contributed by atoms with van der Waals surface area (Å²) in [5.74, 6) is -0.204. The Labute approximate surface area is 111 Å². The van der Waals surface area contributed by atoms with E-state index in [1.54, 1.807) is 32.0 Å². The lowest BCUT2D eigenvalue weighted by atomic mass is 10.1. The van der Waals surface area contributed by atoms with Crippen molar-refractivity contribution in [2.45, 2.75) is 20.8 Å². The van der Waals surface area contributed by atoms with Gasteiger partial charge in [-0.1, -0.05) is 6.07 Å². The molecular weight excluding hydrogens is 240 g/mol. The van der Waals surface area contributed by atoms with Crippen LogP contribution < -0.4 is 11.1 Å². The molecule has 2 rings (SSSR count). The number of benzene rings is 1. The molecule has 1 aromatic carbocycles. The molecule has 0 aliphatic heterocycles. The second kappa shape index (κ2) is 5.06. The molecule has 98 valence electrons. The van der Waals surface area contributed by atoms with Crippen LogP contribution in [0.4, 0.5) is 11.4 Å². The van der Waals surface area contributed by atoms with Crippen LogP contribution in [0.5, 0.6) is 0 Å². The Morgan fingerprint density at radius 3 is 2.68 bits per heavy atom. The average molecular weight is 256 g/mol. The molecule has 0 fully saturated rings. The number of carbonyl (C=O) groups is 1. The Morgan fingerprint density at radius 2 is 1.95 bits per heavy atom. The number of amides is 1. The van der Waals surface area contributed by atoms with Gasteiger partial charge in [0.25, 0.3) is 5.91 Å². The molecule has 5 nitrogen and oxygen atoms in total. The maximum atomic E-state index is 12.2.